The maximum Gasteiger partial charge on any atom is 0.270 e. The summed E-state index contributed by atoms with van der Waals surface area (Å²) in [6, 6.07) is 12.5. The highest BCUT2D eigenvalue weighted by Crippen LogP contribution is 2.22. The zero-order valence-electron chi connectivity index (χ0n) is 15.6. The summed E-state index contributed by atoms with van der Waals surface area (Å²) in [5.74, 6) is 0.924. The van der Waals surface area contributed by atoms with Crippen molar-refractivity contribution in [2.45, 2.75) is 12.8 Å². The van der Waals surface area contributed by atoms with Crippen LogP contribution in [0.3, 0.4) is 0 Å². The molecule has 1 heterocycles. The van der Waals surface area contributed by atoms with E-state index < -0.39 is 0 Å². The fourth-order valence-electron chi connectivity index (χ4n) is 2.64. The van der Waals surface area contributed by atoms with Gasteiger partial charge in [-0.05, 0) is 30.3 Å². The van der Waals surface area contributed by atoms with Crippen LogP contribution in [-0.2, 0) is 11.2 Å². The number of ether oxygens (including phenoxy) is 2. The van der Waals surface area contributed by atoms with Crippen molar-refractivity contribution in [3.05, 3.63) is 64.1 Å². The number of aromatic amines is 1. The molecular formula is C20H20N4O4. The third-order valence-electron chi connectivity index (χ3n) is 4.09. The number of para-hydroxylation sites is 2. The number of rotatable bonds is 7. The molecular weight excluding hydrogens is 360 g/mol. The van der Waals surface area contributed by atoms with E-state index in [1.54, 1.807) is 44.6 Å². The first-order chi connectivity index (χ1) is 13.6. The molecule has 0 saturated heterocycles. The van der Waals surface area contributed by atoms with E-state index in [0.717, 1.165) is 0 Å². The Morgan fingerprint density at radius 3 is 2.82 bits per heavy atom. The molecule has 8 nitrogen and oxygen atoms in total. The molecule has 0 aliphatic carbocycles. The van der Waals surface area contributed by atoms with E-state index in [0.29, 0.717) is 33.8 Å². The minimum absolute atomic E-state index is 0.0843. The summed E-state index contributed by atoms with van der Waals surface area (Å²) < 4.78 is 10.4. The zero-order valence-corrected chi connectivity index (χ0v) is 15.6. The Morgan fingerprint density at radius 2 is 2.04 bits per heavy atom. The van der Waals surface area contributed by atoms with Gasteiger partial charge in [-0.1, -0.05) is 12.1 Å². The van der Waals surface area contributed by atoms with Crippen LogP contribution < -0.4 is 20.5 Å². The molecule has 1 amide bonds. The zero-order chi connectivity index (χ0) is 19.9. The van der Waals surface area contributed by atoms with E-state index in [1.165, 1.54) is 6.21 Å². The number of aryl methyl sites for hydroxylation is 1. The van der Waals surface area contributed by atoms with E-state index in [1.807, 2.05) is 12.1 Å². The van der Waals surface area contributed by atoms with Crippen LogP contribution in [0.15, 0.2) is 52.4 Å². The normalized spacial score (nSPS) is 10.9. The van der Waals surface area contributed by atoms with Gasteiger partial charge in [-0.25, -0.2) is 10.4 Å². The maximum atomic E-state index is 12.1. The molecule has 0 saturated carbocycles. The second-order valence-electron chi connectivity index (χ2n) is 5.93. The van der Waals surface area contributed by atoms with Gasteiger partial charge in [-0.15, -0.1) is 0 Å². The van der Waals surface area contributed by atoms with Gasteiger partial charge in [0.05, 0.1) is 31.5 Å². The lowest BCUT2D eigenvalue weighted by Crippen LogP contribution is -2.21. The molecule has 0 spiro atoms. The van der Waals surface area contributed by atoms with Crippen LogP contribution >= 0.6 is 0 Å². The summed E-state index contributed by atoms with van der Waals surface area (Å²) in [7, 11) is 3.11. The Hall–Kier alpha value is -3.68. The minimum atomic E-state index is -0.326. The maximum absolute atomic E-state index is 12.1. The predicted octanol–water partition coefficient (Wildman–Crippen LogP) is 2.02. The van der Waals surface area contributed by atoms with Gasteiger partial charge in [0.1, 0.15) is 17.2 Å². The number of fused-ring (bicyclic) bond motifs is 1. The number of methoxy groups -OCH3 is 2. The lowest BCUT2D eigenvalue weighted by atomic mass is 10.2. The van der Waals surface area contributed by atoms with Crippen molar-refractivity contribution in [3.8, 4) is 11.5 Å². The number of amides is 1. The van der Waals surface area contributed by atoms with Gasteiger partial charge < -0.3 is 14.5 Å². The smallest absolute Gasteiger partial charge is 0.270 e. The summed E-state index contributed by atoms with van der Waals surface area (Å²) in [5.41, 5.74) is 4.47. The van der Waals surface area contributed by atoms with Crippen molar-refractivity contribution in [1.82, 2.24) is 15.4 Å². The number of aromatic nitrogens is 2. The minimum Gasteiger partial charge on any atom is -0.497 e. The molecule has 1 aromatic heterocycles. The Bertz CT molecular complexity index is 1080. The van der Waals surface area contributed by atoms with Crippen LogP contribution in [0.1, 0.15) is 17.7 Å². The molecule has 0 fully saturated rings. The number of H-pyrrole nitrogens is 1. The Kier molecular flexibility index (Phi) is 6.01. The van der Waals surface area contributed by atoms with Gasteiger partial charge in [0, 0.05) is 18.4 Å². The summed E-state index contributed by atoms with van der Waals surface area (Å²) in [4.78, 5) is 31.2. The third-order valence-corrected chi connectivity index (χ3v) is 4.09. The van der Waals surface area contributed by atoms with Crippen molar-refractivity contribution >= 4 is 23.2 Å². The Labute approximate surface area is 161 Å². The van der Waals surface area contributed by atoms with Gasteiger partial charge in [0.15, 0.2) is 0 Å². The van der Waals surface area contributed by atoms with Crippen molar-refractivity contribution in [1.29, 1.82) is 0 Å². The number of nitrogens with one attached hydrogen (secondary N) is 2. The highest BCUT2D eigenvalue weighted by molar-refractivity contribution is 5.86. The second-order valence-corrected chi connectivity index (χ2v) is 5.93. The highest BCUT2D eigenvalue weighted by Gasteiger charge is 2.08. The van der Waals surface area contributed by atoms with Crippen molar-refractivity contribution in [2.24, 2.45) is 5.10 Å². The number of hydrogen-bond donors (Lipinski definition) is 2. The average molecular weight is 380 g/mol. The number of hydrogen-bond acceptors (Lipinski definition) is 6. The molecule has 3 aromatic rings. The number of carbonyl (C=O) groups excluding carboxylic acids is 1. The Balaban J connectivity index is 1.61. The fourth-order valence-corrected chi connectivity index (χ4v) is 2.64. The number of nitrogens with zero attached hydrogens (tertiary/aromatic N) is 2. The molecule has 3 rings (SSSR count). The molecule has 8 heteroatoms. The van der Waals surface area contributed by atoms with Gasteiger partial charge in [0.25, 0.3) is 5.56 Å². The SMILES string of the molecule is COc1ccc(OC)c(/C=N/NC(=O)CCc2nc3ccccc3[nH]c2=O)c1. The van der Waals surface area contributed by atoms with Gasteiger partial charge in [-0.3, -0.25) is 9.59 Å². The summed E-state index contributed by atoms with van der Waals surface area (Å²) in [5, 5.41) is 3.94. The van der Waals surface area contributed by atoms with Crippen molar-refractivity contribution < 1.29 is 14.3 Å². The summed E-state index contributed by atoms with van der Waals surface area (Å²) in [6.07, 6.45) is 1.77. The van der Waals surface area contributed by atoms with Crippen LogP contribution in [0.2, 0.25) is 0 Å². The molecule has 0 aliphatic heterocycles. The first-order valence-electron chi connectivity index (χ1n) is 8.62. The first-order valence-corrected chi connectivity index (χ1v) is 8.62. The first kappa shape index (κ1) is 19.1. The molecule has 0 bridgehead atoms. The summed E-state index contributed by atoms with van der Waals surface area (Å²) in [6.45, 7) is 0. The molecule has 0 atom stereocenters. The second kappa shape index (κ2) is 8.81. The van der Waals surface area contributed by atoms with Gasteiger partial charge in [-0.2, -0.15) is 5.10 Å². The number of carbonyl (C=O) groups is 1. The van der Waals surface area contributed by atoms with E-state index in [-0.39, 0.29) is 24.3 Å². The van der Waals surface area contributed by atoms with Crippen LogP contribution in [0, 0.1) is 0 Å². The average Bonchev–Trinajstić information content (AvgIpc) is 2.72. The van der Waals surface area contributed by atoms with Gasteiger partial charge >= 0.3 is 0 Å². The fraction of sp³-hybridized carbons (Fsp3) is 0.200. The highest BCUT2D eigenvalue weighted by atomic mass is 16.5. The monoisotopic (exact) mass is 380 g/mol. The van der Waals surface area contributed by atoms with E-state index >= 15 is 0 Å². The quantitative estimate of drug-likeness (QED) is 0.482. The number of benzene rings is 2. The topological polar surface area (TPSA) is 106 Å². The molecule has 0 radical (unpaired) electrons. The van der Waals surface area contributed by atoms with Crippen molar-refractivity contribution in [2.75, 3.05) is 14.2 Å². The van der Waals surface area contributed by atoms with Crippen LogP contribution in [0.4, 0.5) is 0 Å². The largest absolute Gasteiger partial charge is 0.497 e. The van der Waals surface area contributed by atoms with E-state index in [4.69, 9.17) is 9.47 Å². The number of hydrazone groups is 1. The lowest BCUT2D eigenvalue weighted by molar-refractivity contribution is -0.121. The van der Waals surface area contributed by atoms with Crippen LogP contribution in [0.25, 0.3) is 11.0 Å². The molecule has 0 unspecified atom stereocenters. The molecule has 2 N–H and O–H groups in total. The molecule has 28 heavy (non-hydrogen) atoms. The van der Waals surface area contributed by atoms with E-state index in [9.17, 15) is 9.59 Å². The van der Waals surface area contributed by atoms with Crippen LogP contribution in [-0.4, -0.2) is 36.3 Å². The summed E-state index contributed by atoms with van der Waals surface area (Å²) >= 11 is 0. The lowest BCUT2D eigenvalue weighted by Gasteiger charge is -2.06. The molecule has 144 valence electrons. The molecule has 2 aromatic carbocycles. The molecule has 0 aliphatic rings. The van der Waals surface area contributed by atoms with Gasteiger partial charge in [0.2, 0.25) is 5.91 Å². The van der Waals surface area contributed by atoms with Crippen LogP contribution in [0.5, 0.6) is 11.5 Å². The predicted molar refractivity (Wildman–Crippen MR) is 106 cm³/mol. The standard InChI is InChI=1S/C20H20N4O4/c1-27-14-7-9-18(28-2)13(11-14)12-21-24-19(25)10-8-17-20(26)23-16-6-4-3-5-15(16)22-17/h3-7,9,11-12H,8,10H2,1-2H3,(H,23,26)(H,24,25)/b21-12+. The van der Waals surface area contributed by atoms with Crippen molar-refractivity contribution in [3.63, 3.8) is 0 Å². The Morgan fingerprint density at radius 1 is 1.21 bits per heavy atom. The third kappa shape index (κ3) is 4.53. The van der Waals surface area contributed by atoms with E-state index in [2.05, 4.69) is 20.5 Å².